The Bertz CT molecular complexity index is 259. The average molecular weight is 305 g/mol. The van der Waals surface area contributed by atoms with Gasteiger partial charge in [0.25, 0.3) is 0 Å². The van der Waals surface area contributed by atoms with Gasteiger partial charge in [-0.1, -0.05) is 43.3 Å². The summed E-state index contributed by atoms with van der Waals surface area (Å²) in [6.07, 6.45) is 2.42. The number of amides is 1. The topological polar surface area (TPSA) is 55.1 Å². The van der Waals surface area contributed by atoms with E-state index in [4.69, 9.17) is 5.73 Å². The van der Waals surface area contributed by atoms with E-state index in [-0.39, 0.29) is 11.3 Å². The second-order valence-corrected chi connectivity index (χ2v) is 6.59. The van der Waals surface area contributed by atoms with Crippen LogP contribution in [0.1, 0.15) is 40.0 Å². The van der Waals surface area contributed by atoms with Gasteiger partial charge in [-0.05, 0) is 30.7 Å². The normalized spacial score (nSPS) is 13.2. The summed E-state index contributed by atoms with van der Waals surface area (Å²) in [5.74, 6) is 0.572. The van der Waals surface area contributed by atoms with E-state index in [0.717, 1.165) is 17.3 Å². The van der Waals surface area contributed by atoms with Crippen molar-refractivity contribution in [3.8, 4) is 0 Å². The first-order valence-electron chi connectivity index (χ1n) is 6.07. The lowest BCUT2D eigenvalue weighted by Gasteiger charge is -2.30. The van der Waals surface area contributed by atoms with E-state index in [1.54, 1.807) is 0 Å². The Hall–Kier alpha value is -0.350. The highest BCUT2D eigenvalue weighted by molar-refractivity contribution is 9.11. The molecular weight excluding hydrogens is 280 g/mol. The number of hydrogen-bond donors (Lipinski definition) is 2. The van der Waals surface area contributed by atoms with Gasteiger partial charge in [0, 0.05) is 17.4 Å². The van der Waals surface area contributed by atoms with Crippen molar-refractivity contribution in [2.24, 2.45) is 17.1 Å². The molecule has 0 aliphatic carbocycles. The number of hydrogen-bond acceptors (Lipinski definition) is 2. The Labute approximate surface area is 113 Å². The number of nitrogens with two attached hydrogens (primary N) is 1. The summed E-state index contributed by atoms with van der Waals surface area (Å²) in [6, 6.07) is 0. The van der Waals surface area contributed by atoms with Gasteiger partial charge >= 0.3 is 0 Å². The van der Waals surface area contributed by atoms with E-state index in [9.17, 15) is 4.79 Å². The van der Waals surface area contributed by atoms with Crippen LogP contribution in [0.3, 0.4) is 0 Å². The van der Waals surface area contributed by atoms with Crippen LogP contribution in [0.15, 0.2) is 11.1 Å². The molecule has 0 saturated carbocycles. The lowest BCUT2D eigenvalue weighted by molar-refractivity contribution is -0.121. The summed E-state index contributed by atoms with van der Waals surface area (Å²) in [5, 5.41) is 2.81. The van der Waals surface area contributed by atoms with Crippen LogP contribution >= 0.6 is 15.9 Å². The number of rotatable bonds is 7. The van der Waals surface area contributed by atoms with E-state index in [0.29, 0.717) is 25.4 Å². The van der Waals surface area contributed by atoms with Crippen LogP contribution in [-0.4, -0.2) is 19.0 Å². The van der Waals surface area contributed by atoms with Crippen molar-refractivity contribution in [1.82, 2.24) is 5.32 Å². The molecule has 0 saturated heterocycles. The van der Waals surface area contributed by atoms with Crippen LogP contribution < -0.4 is 11.1 Å². The Morgan fingerprint density at radius 2 is 2.00 bits per heavy atom. The molecule has 0 aromatic carbocycles. The zero-order chi connectivity index (χ0) is 13.5. The largest absolute Gasteiger partial charge is 0.352 e. The van der Waals surface area contributed by atoms with Crippen LogP contribution in [0.2, 0.25) is 0 Å². The smallest absolute Gasteiger partial charge is 0.220 e. The highest BCUT2D eigenvalue weighted by Gasteiger charge is 2.24. The fourth-order valence-corrected chi connectivity index (χ4v) is 1.94. The van der Waals surface area contributed by atoms with Crippen LogP contribution in [0.25, 0.3) is 0 Å². The minimum absolute atomic E-state index is 0.0804. The number of carbonyl (C=O) groups is 1. The van der Waals surface area contributed by atoms with Crippen molar-refractivity contribution in [1.29, 1.82) is 0 Å². The van der Waals surface area contributed by atoms with Crippen molar-refractivity contribution in [3.05, 3.63) is 11.1 Å². The van der Waals surface area contributed by atoms with Crippen LogP contribution in [-0.2, 0) is 4.79 Å². The first kappa shape index (κ1) is 16.6. The predicted molar refractivity (Wildman–Crippen MR) is 76.9 cm³/mol. The van der Waals surface area contributed by atoms with Gasteiger partial charge in [0.05, 0.1) is 0 Å². The van der Waals surface area contributed by atoms with Gasteiger partial charge in [0.1, 0.15) is 0 Å². The monoisotopic (exact) mass is 304 g/mol. The third kappa shape index (κ3) is 8.38. The number of nitrogens with one attached hydrogen (secondary N) is 1. The lowest BCUT2D eigenvalue weighted by atomic mass is 9.76. The summed E-state index contributed by atoms with van der Waals surface area (Å²) in [4.78, 5) is 11.6. The van der Waals surface area contributed by atoms with Gasteiger partial charge in [-0.15, -0.1) is 0 Å². The SMILES string of the molecule is C=C(Br)CNC(=O)CCC(CCN)C(C)(C)C. The quantitative estimate of drug-likeness (QED) is 0.760. The summed E-state index contributed by atoms with van der Waals surface area (Å²) >= 11 is 3.21. The Kier molecular flexibility index (Phi) is 7.71. The molecule has 1 unspecified atom stereocenters. The molecule has 0 radical (unpaired) electrons. The molecule has 3 N–H and O–H groups in total. The molecule has 0 fully saturated rings. The highest BCUT2D eigenvalue weighted by atomic mass is 79.9. The minimum atomic E-state index is 0.0804. The molecule has 1 atom stereocenters. The Balaban J connectivity index is 4.04. The van der Waals surface area contributed by atoms with Crippen molar-refractivity contribution in [2.45, 2.75) is 40.0 Å². The first-order chi connectivity index (χ1) is 7.77. The molecule has 100 valence electrons. The van der Waals surface area contributed by atoms with E-state index in [1.165, 1.54) is 0 Å². The van der Waals surface area contributed by atoms with Crippen molar-refractivity contribution < 1.29 is 4.79 Å². The first-order valence-corrected chi connectivity index (χ1v) is 6.86. The van der Waals surface area contributed by atoms with Crippen LogP contribution in [0.4, 0.5) is 0 Å². The second kappa shape index (κ2) is 7.88. The van der Waals surface area contributed by atoms with Crippen molar-refractivity contribution in [2.75, 3.05) is 13.1 Å². The molecule has 0 aliphatic rings. The molecular formula is C13H25BrN2O. The Morgan fingerprint density at radius 1 is 1.41 bits per heavy atom. The molecule has 0 spiro atoms. The van der Waals surface area contributed by atoms with E-state index in [1.807, 2.05) is 0 Å². The second-order valence-electron chi connectivity index (χ2n) is 5.47. The maximum Gasteiger partial charge on any atom is 0.220 e. The summed E-state index contributed by atoms with van der Waals surface area (Å²) in [7, 11) is 0. The maximum absolute atomic E-state index is 11.6. The molecule has 1 amide bonds. The van der Waals surface area contributed by atoms with Crippen LogP contribution in [0, 0.1) is 11.3 Å². The van der Waals surface area contributed by atoms with Gasteiger partial charge < -0.3 is 11.1 Å². The fourth-order valence-electron chi connectivity index (χ4n) is 1.80. The number of halogens is 1. The minimum Gasteiger partial charge on any atom is -0.352 e. The van der Waals surface area contributed by atoms with Gasteiger partial charge in [-0.2, -0.15) is 0 Å². The van der Waals surface area contributed by atoms with Crippen molar-refractivity contribution in [3.63, 3.8) is 0 Å². The molecule has 0 aliphatic heterocycles. The summed E-state index contributed by atoms with van der Waals surface area (Å²) in [5.41, 5.74) is 5.82. The standard InChI is InChI=1S/C13H25BrN2O/c1-10(14)9-16-12(17)6-5-11(7-8-15)13(2,3)4/h11H,1,5-9,15H2,2-4H3,(H,16,17). The molecule has 17 heavy (non-hydrogen) atoms. The Morgan fingerprint density at radius 3 is 2.41 bits per heavy atom. The zero-order valence-corrected chi connectivity index (χ0v) is 12.8. The van der Waals surface area contributed by atoms with Gasteiger partial charge in [-0.25, -0.2) is 0 Å². The maximum atomic E-state index is 11.6. The van der Waals surface area contributed by atoms with Gasteiger partial charge in [0.15, 0.2) is 0 Å². The average Bonchev–Trinajstić information content (AvgIpc) is 2.19. The molecule has 4 heteroatoms. The molecule has 3 nitrogen and oxygen atoms in total. The fraction of sp³-hybridized carbons (Fsp3) is 0.769. The molecule has 0 aromatic rings. The lowest BCUT2D eigenvalue weighted by Crippen LogP contribution is -2.28. The summed E-state index contributed by atoms with van der Waals surface area (Å²) < 4.78 is 0.792. The zero-order valence-electron chi connectivity index (χ0n) is 11.2. The molecule has 0 rings (SSSR count). The van der Waals surface area contributed by atoms with Gasteiger partial charge in [-0.3, -0.25) is 4.79 Å². The van der Waals surface area contributed by atoms with Gasteiger partial charge in [0.2, 0.25) is 5.91 Å². The molecule has 0 aromatic heterocycles. The third-order valence-corrected chi connectivity index (χ3v) is 3.22. The highest BCUT2D eigenvalue weighted by Crippen LogP contribution is 2.31. The van der Waals surface area contributed by atoms with Crippen LogP contribution in [0.5, 0.6) is 0 Å². The van der Waals surface area contributed by atoms with E-state index >= 15 is 0 Å². The summed E-state index contributed by atoms with van der Waals surface area (Å²) in [6.45, 7) is 11.5. The predicted octanol–water partition coefficient (Wildman–Crippen LogP) is 2.80. The number of carbonyl (C=O) groups excluding carboxylic acids is 1. The molecule has 0 heterocycles. The molecule has 0 bridgehead atoms. The van der Waals surface area contributed by atoms with E-state index < -0.39 is 0 Å². The van der Waals surface area contributed by atoms with Crippen molar-refractivity contribution >= 4 is 21.8 Å². The van der Waals surface area contributed by atoms with E-state index in [2.05, 4.69) is 48.6 Å². The third-order valence-electron chi connectivity index (χ3n) is 2.94.